The van der Waals surface area contributed by atoms with Gasteiger partial charge in [0.1, 0.15) is 17.6 Å². The highest BCUT2D eigenvalue weighted by Crippen LogP contribution is 2.33. The highest BCUT2D eigenvalue weighted by molar-refractivity contribution is 9.10. The Labute approximate surface area is 254 Å². The Morgan fingerprint density at radius 3 is 2.48 bits per heavy atom. The van der Waals surface area contributed by atoms with Crippen molar-refractivity contribution in [3.8, 4) is 17.0 Å². The summed E-state index contributed by atoms with van der Waals surface area (Å²) in [5.74, 6) is 1.90. The summed E-state index contributed by atoms with van der Waals surface area (Å²) in [4.78, 5) is 48.5. The third-order valence-corrected chi connectivity index (χ3v) is 8.09. The van der Waals surface area contributed by atoms with Crippen LogP contribution in [0.3, 0.4) is 0 Å². The maximum Gasteiger partial charge on any atom is 0.407 e. The number of hydrogen-bond acceptors (Lipinski definition) is 6. The molecule has 2 unspecified atom stereocenters. The van der Waals surface area contributed by atoms with Crippen LogP contribution in [0.1, 0.15) is 43.8 Å². The van der Waals surface area contributed by atoms with Crippen molar-refractivity contribution in [1.82, 2.24) is 30.0 Å². The van der Waals surface area contributed by atoms with Crippen molar-refractivity contribution in [3.63, 3.8) is 0 Å². The summed E-state index contributed by atoms with van der Waals surface area (Å²) in [6.07, 6.45) is 2.18. The predicted octanol–water partition coefficient (Wildman–Crippen LogP) is 5.14. The summed E-state index contributed by atoms with van der Waals surface area (Å²) in [5, 5.41) is 2.67. The molecule has 3 heterocycles. The summed E-state index contributed by atoms with van der Waals surface area (Å²) in [7, 11) is 3.00. The maximum absolute atomic E-state index is 13.2. The molecule has 1 saturated heterocycles. The van der Waals surface area contributed by atoms with Crippen LogP contribution in [0.2, 0.25) is 0 Å². The fraction of sp³-hybridized carbons (Fsp3) is 0.400. The number of ether oxygens (including phenoxy) is 2. The fourth-order valence-corrected chi connectivity index (χ4v) is 5.03. The van der Waals surface area contributed by atoms with Gasteiger partial charge in [0.05, 0.1) is 45.9 Å². The Kier molecular flexibility index (Phi) is 10.1. The van der Waals surface area contributed by atoms with E-state index in [1.807, 2.05) is 63.2 Å². The molecule has 4 amide bonds. The van der Waals surface area contributed by atoms with E-state index in [9.17, 15) is 14.4 Å². The largest absolute Gasteiger partial charge is 0.496 e. The molecule has 1 fully saturated rings. The number of rotatable bonds is 6. The number of alkyl carbamates (subject to hydrolysis) is 1. The van der Waals surface area contributed by atoms with Gasteiger partial charge in [-0.25, -0.2) is 14.6 Å². The molecule has 12 heteroatoms. The first-order valence-electron chi connectivity index (χ1n) is 13.7. The summed E-state index contributed by atoms with van der Waals surface area (Å²) < 4.78 is 10.9. The van der Waals surface area contributed by atoms with Gasteiger partial charge in [0.25, 0.3) is 0 Å². The van der Waals surface area contributed by atoms with Gasteiger partial charge in [-0.3, -0.25) is 4.79 Å². The molecule has 0 aliphatic carbocycles. The predicted molar refractivity (Wildman–Crippen MR) is 161 cm³/mol. The number of methoxy groups -OCH3 is 2. The molecule has 0 bridgehead atoms. The van der Waals surface area contributed by atoms with Crippen LogP contribution >= 0.6 is 15.9 Å². The Morgan fingerprint density at radius 2 is 1.83 bits per heavy atom. The van der Waals surface area contributed by atoms with Gasteiger partial charge in [0, 0.05) is 22.6 Å². The van der Waals surface area contributed by atoms with Crippen LogP contribution in [0.25, 0.3) is 11.3 Å². The van der Waals surface area contributed by atoms with E-state index in [0.717, 1.165) is 39.0 Å². The number of imidazole rings is 1. The number of H-pyrrole nitrogens is 1. The van der Waals surface area contributed by atoms with Crippen molar-refractivity contribution in [2.24, 2.45) is 5.92 Å². The number of hydrogen-bond donors (Lipinski definition) is 2. The van der Waals surface area contributed by atoms with E-state index in [1.54, 1.807) is 28.0 Å². The monoisotopic (exact) mass is 640 g/mol. The van der Waals surface area contributed by atoms with Crippen molar-refractivity contribution in [2.75, 3.05) is 27.4 Å². The molecule has 2 aliphatic rings. The molecule has 2 N–H and O–H groups in total. The van der Waals surface area contributed by atoms with Gasteiger partial charge < -0.3 is 34.5 Å². The first-order valence-corrected chi connectivity index (χ1v) is 14.5. The number of urea groups is 1. The highest BCUT2D eigenvalue weighted by Gasteiger charge is 2.38. The second-order valence-electron chi connectivity index (χ2n) is 10.6. The van der Waals surface area contributed by atoms with Gasteiger partial charge >= 0.3 is 12.1 Å². The third-order valence-electron chi connectivity index (χ3n) is 7.56. The fourth-order valence-electron chi connectivity index (χ4n) is 4.77. The number of aromatic nitrogens is 2. The van der Waals surface area contributed by atoms with Crippen LogP contribution in [-0.4, -0.2) is 76.7 Å². The zero-order valence-electron chi connectivity index (χ0n) is 24.5. The van der Waals surface area contributed by atoms with Crippen LogP contribution in [0, 0.1) is 5.92 Å². The minimum Gasteiger partial charge on any atom is -0.496 e. The average molecular weight is 642 g/mol. The second kappa shape index (κ2) is 13.7. The number of amides is 4. The first kappa shape index (κ1) is 30.9. The molecule has 42 heavy (non-hydrogen) atoms. The number of benzene rings is 2. The van der Waals surface area contributed by atoms with Crippen molar-refractivity contribution < 1.29 is 23.9 Å². The van der Waals surface area contributed by atoms with E-state index < -0.39 is 0 Å². The number of carbonyl (C=O) groups excluding carboxylic acids is 3. The molecule has 0 saturated carbocycles. The molecule has 2 aromatic carbocycles. The molecule has 1 aromatic heterocycles. The minimum atomic E-state index is -0.360. The van der Waals surface area contributed by atoms with Crippen LogP contribution in [0.15, 0.2) is 53.1 Å². The molecule has 11 nitrogen and oxygen atoms in total. The summed E-state index contributed by atoms with van der Waals surface area (Å²) in [5.41, 5.74) is 3.99. The van der Waals surface area contributed by atoms with Crippen LogP contribution < -0.4 is 10.1 Å². The molecule has 2 atom stereocenters. The molecule has 0 spiro atoms. The summed E-state index contributed by atoms with van der Waals surface area (Å²) in [6.45, 7) is 7.67. The van der Waals surface area contributed by atoms with Gasteiger partial charge in [-0.05, 0) is 42.2 Å². The number of fused-ring (bicyclic) bond motifs is 1. The Hall–Kier alpha value is -4.06. The lowest BCUT2D eigenvalue weighted by Crippen LogP contribution is -2.40. The van der Waals surface area contributed by atoms with E-state index in [1.165, 1.54) is 7.11 Å². The normalized spacial score (nSPS) is 16.5. The maximum atomic E-state index is 13.2. The Balaban J connectivity index is 0.000000349. The topological polar surface area (TPSA) is 120 Å². The minimum absolute atomic E-state index is 0.0997. The third kappa shape index (κ3) is 7.04. The molecule has 2 aliphatic heterocycles. The molecular weight excluding hydrogens is 604 g/mol. The zero-order chi connectivity index (χ0) is 30.4. The Morgan fingerprint density at radius 1 is 1.10 bits per heavy atom. The van der Waals surface area contributed by atoms with Gasteiger partial charge in [0.15, 0.2) is 0 Å². The van der Waals surface area contributed by atoms with Crippen molar-refractivity contribution >= 4 is 34.5 Å². The van der Waals surface area contributed by atoms with E-state index in [2.05, 4.69) is 36.0 Å². The summed E-state index contributed by atoms with van der Waals surface area (Å²) in [6, 6.07) is 13.5. The lowest BCUT2D eigenvalue weighted by atomic mass is 10.1. The van der Waals surface area contributed by atoms with Gasteiger partial charge in [-0.1, -0.05) is 54.0 Å². The molecule has 3 aromatic rings. The molecule has 0 radical (unpaired) electrons. The average Bonchev–Trinajstić information content (AvgIpc) is 3.75. The second-order valence-corrected chi connectivity index (χ2v) is 11.5. The molecule has 224 valence electrons. The van der Waals surface area contributed by atoms with Crippen molar-refractivity contribution in [1.29, 1.82) is 0 Å². The quantitative estimate of drug-likeness (QED) is 0.360. The van der Waals surface area contributed by atoms with Gasteiger partial charge in [0.2, 0.25) is 6.41 Å². The van der Waals surface area contributed by atoms with E-state index in [0.29, 0.717) is 31.4 Å². The molecular formula is C30H37BrN6O5. The van der Waals surface area contributed by atoms with Gasteiger partial charge in [-0.15, -0.1) is 0 Å². The van der Waals surface area contributed by atoms with E-state index >= 15 is 0 Å². The van der Waals surface area contributed by atoms with Crippen LogP contribution in [0.4, 0.5) is 9.59 Å². The van der Waals surface area contributed by atoms with Crippen LogP contribution in [-0.2, 0) is 22.6 Å². The standard InChI is InChI=1S/C23H22BrN5O3.C7H15NO2/c1-32-21-4-2-3-16-10-27(11-18(16)21)23(31)28-12-20(29(13-28)14-30)22-25-9-19(26-22)15-5-7-17(24)8-6-15;1-5(2)6(3)8-7(9)10-4/h2-9,14,20H,10-13H2,1H3,(H,25,26);5-6H,1-4H3,(H,8,9). The summed E-state index contributed by atoms with van der Waals surface area (Å²) >= 11 is 3.44. The zero-order valence-corrected chi connectivity index (χ0v) is 26.1. The smallest absolute Gasteiger partial charge is 0.407 e. The number of nitrogens with one attached hydrogen (secondary N) is 2. The SMILES string of the molecule is COC(=O)NC(C)C(C)C.COc1cccc2c1CN(C(=O)N1CC(c3ncc(-c4ccc(Br)cc4)[nH]3)N(C=O)C1)C2. The Bertz CT molecular complexity index is 1400. The lowest BCUT2D eigenvalue weighted by Gasteiger charge is -2.23. The van der Waals surface area contributed by atoms with Crippen LogP contribution in [0.5, 0.6) is 5.75 Å². The van der Waals surface area contributed by atoms with E-state index in [-0.39, 0.29) is 30.9 Å². The number of halogens is 1. The van der Waals surface area contributed by atoms with Crippen molar-refractivity contribution in [3.05, 3.63) is 70.1 Å². The van der Waals surface area contributed by atoms with Gasteiger partial charge in [-0.2, -0.15) is 0 Å². The number of carbonyl (C=O) groups is 3. The van der Waals surface area contributed by atoms with E-state index in [4.69, 9.17) is 4.74 Å². The number of nitrogens with zero attached hydrogens (tertiary/aromatic N) is 4. The lowest BCUT2D eigenvalue weighted by molar-refractivity contribution is -0.119. The molecule has 5 rings (SSSR count). The first-order chi connectivity index (χ1) is 20.1. The van der Waals surface area contributed by atoms with Crippen molar-refractivity contribution in [2.45, 2.75) is 45.9 Å². The number of aromatic amines is 1. The highest BCUT2D eigenvalue weighted by atomic mass is 79.9.